The zero-order valence-electron chi connectivity index (χ0n) is 10.7. The van der Waals surface area contributed by atoms with Gasteiger partial charge >= 0.3 is 6.03 Å². The predicted octanol–water partition coefficient (Wildman–Crippen LogP) is 2.44. The van der Waals surface area contributed by atoms with Gasteiger partial charge in [0.25, 0.3) is 0 Å². The molecule has 1 heterocycles. The van der Waals surface area contributed by atoms with Gasteiger partial charge in [0.2, 0.25) is 5.96 Å². The molecular formula is C13H19ClN4O. The Morgan fingerprint density at radius 3 is 2.42 bits per heavy atom. The summed E-state index contributed by atoms with van der Waals surface area (Å²) in [6.07, 6.45) is 3.44. The number of nitrogens with one attached hydrogen (secondary N) is 1. The minimum absolute atomic E-state index is 0. The zero-order valence-corrected chi connectivity index (χ0v) is 11.5. The number of nitrogens with zero attached hydrogens (tertiary/aromatic N) is 2. The Morgan fingerprint density at radius 2 is 1.79 bits per heavy atom. The Labute approximate surface area is 119 Å². The van der Waals surface area contributed by atoms with Crippen LogP contribution in [-0.2, 0) is 0 Å². The highest BCUT2D eigenvalue weighted by Crippen LogP contribution is 2.09. The van der Waals surface area contributed by atoms with Crippen LogP contribution in [0.15, 0.2) is 35.3 Å². The first-order valence-electron chi connectivity index (χ1n) is 6.21. The number of nitrogens with two attached hydrogens (primary N) is 1. The predicted molar refractivity (Wildman–Crippen MR) is 79.8 cm³/mol. The van der Waals surface area contributed by atoms with Crippen LogP contribution >= 0.6 is 12.4 Å². The first-order valence-corrected chi connectivity index (χ1v) is 6.21. The molecule has 1 aliphatic heterocycles. The summed E-state index contributed by atoms with van der Waals surface area (Å²) in [5, 5.41) is 2.68. The minimum atomic E-state index is -0.427. The molecule has 3 N–H and O–H groups in total. The average molecular weight is 283 g/mol. The van der Waals surface area contributed by atoms with Crippen LogP contribution in [0.1, 0.15) is 19.3 Å². The fourth-order valence-electron chi connectivity index (χ4n) is 1.97. The third kappa shape index (κ3) is 4.79. The maximum absolute atomic E-state index is 11.7. The number of carbonyl (C=O) groups is 1. The van der Waals surface area contributed by atoms with Gasteiger partial charge in [0, 0.05) is 18.8 Å². The molecule has 0 aromatic heterocycles. The number of para-hydroxylation sites is 1. The van der Waals surface area contributed by atoms with Crippen molar-refractivity contribution in [2.75, 3.05) is 18.4 Å². The fraction of sp³-hybridized carbons (Fsp3) is 0.385. The molecule has 2 amide bonds. The Morgan fingerprint density at radius 1 is 1.16 bits per heavy atom. The molecule has 0 unspecified atom stereocenters. The number of benzene rings is 1. The number of anilines is 1. The van der Waals surface area contributed by atoms with Gasteiger partial charge in [-0.15, -0.1) is 12.4 Å². The van der Waals surface area contributed by atoms with Crippen molar-refractivity contribution < 1.29 is 4.79 Å². The van der Waals surface area contributed by atoms with E-state index < -0.39 is 6.03 Å². The highest BCUT2D eigenvalue weighted by Gasteiger charge is 2.13. The number of urea groups is 1. The van der Waals surface area contributed by atoms with E-state index in [1.807, 2.05) is 35.2 Å². The van der Waals surface area contributed by atoms with Crippen molar-refractivity contribution in [3.63, 3.8) is 0 Å². The van der Waals surface area contributed by atoms with E-state index >= 15 is 0 Å². The van der Waals surface area contributed by atoms with Gasteiger partial charge in [0.15, 0.2) is 0 Å². The first-order chi connectivity index (χ1) is 8.75. The minimum Gasteiger partial charge on any atom is -0.369 e. The standard InChI is InChI=1S/C13H18N4O.ClH/c14-12(17-9-5-2-6-10-17)16-13(18)15-11-7-3-1-4-8-11;/h1,3-4,7-8H,2,5-6,9-10H2,(H3,14,15,16,18);1H. The van der Waals surface area contributed by atoms with E-state index in [1.165, 1.54) is 6.42 Å². The molecular weight excluding hydrogens is 264 g/mol. The fourth-order valence-corrected chi connectivity index (χ4v) is 1.97. The van der Waals surface area contributed by atoms with E-state index in [1.54, 1.807) is 0 Å². The number of hydrogen-bond acceptors (Lipinski definition) is 1. The second kappa shape index (κ2) is 7.63. The number of aliphatic imine (C=N–C) groups is 1. The van der Waals surface area contributed by atoms with Crippen molar-refractivity contribution >= 4 is 30.1 Å². The lowest BCUT2D eigenvalue weighted by Crippen LogP contribution is -2.41. The van der Waals surface area contributed by atoms with Crippen molar-refractivity contribution in [2.24, 2.45) is 10.7 Å². The molecule has 1 fully saturated rings. The molecule has 0 radical (unpaired) electrons. The second-order valence-corrected chi connectivity index (χ2v) is 4.31. The van der Waals surface area contributed by atoms with Crippen molar-refractivity contribution in [1.82, 2.24) is 4.90 Å². The van der Waals surface area contributed by atoms with E-state index in [0.29, 0.717) is 5.96 Å². The molecule has 1 aromatic rings. The summed E-state index contributed by atoms with van der Waals surface area (Å²) in [5.74, 6) is 0.308. The molecule has 104 valence electrons. The summed E-state index contributed by atoms with van der Waals surface area (Å²) in [4.78, 5) is 17.5. The van der Waals surface area contributed by atoms with Crippen molar-refractivity contribution in [3.05, 3.63) is 30.3 Å². The van der Waals surface area contributed by atoms with E-state index in [2.05, 4.69) is 10.3 Å². The molecule has 0 bridgehead atoms. The number of carbonyl (C=O) groups excluding carboxylic acids is 1. The number of hydrogen-bond donors (Lipinski definition) is 2. The van der Waals surface area contributed by atoms with Crippen molar-refractivity contribution in [3.8, 4) is 0 Å². The molecule has 2 rings (SSSR count). The van der Waals surface area contributed by atoms with Crippen LogP contribution in [0.4, 0.5) is 10.5 Å². The molecule has 0 spiro atoms. The third-order valence-electron chi connectivity index (χ3n) is 2.92. The van der Waals surface area contributed by atoms with E-state index in [4.69, 9.17) is 5.73 Å². The Bertz CT molecular complexity index is 430. The monoisotopic (exact) mass is 282 g/mol. The molecule has 0 aliphatic carbocycles. The van der Waals surface area contributed by atoms with E-state index in [0.717, 1.165) is 31.6 Å². The van der Waals surface area contributed by atoms with Gasteiger partial charge in [-0.3, -0.25) is 0 Å². The Balaban J connectivity index is 0.00000180. The molecule has 1 saturated heterocycles. The summed E-state index contributed by atoms with van der Waals surface area (Å²) >= 11 is 0. The lowest BCUT2D eigenvalue weighted by molar-refractivity contribution is 0.258. The molecule has 19 heavy (non-hydrogen) atoms. The quantitative estimate of drug-likeness (QED) is 0.614. The number of guanidine groups is 1. The SMILES string of the molecule is Cl.N/C(=N\C(=O)Nc1ccccc1)N1CCCCC1. The highest BCUT2D eigenvalue weighted by molar-refractivity contribution is 5.98. The van der Waals surface area contributed by atoms with E-state index in [-0.39, 0.29) is 12.4 Å². The Kier molecular flexibility index (Phi) is 6.15. The van der Waals surface area contributed by atoms with Gasteiger partial charge in [-0.05, 0) is 31.4 Å². The van der Waals surface area contributed by atoms with Gasteiger partial charge in [-0.2, -0.15) is 4.99 Å². The number of likely N-dealkylation sites (tertiary alicyclic amines) is 1. The molecule has 1 aromatic carbocycles. The normalized spacial score (nSPS) is 15.6. The van der Waals surface area contributed by atoms with Crippen LogP contribution in [0.25, 0.3) is 0 Å². The number of amides is 2. The summed E-state index contributed by atoms with van der Waals surface area (Å²) in [7, 11) is 0. The van der Waals surface area contributed by atoms with Crippen LogP contribution < -0.4 is 11.1 Å². The average Bonchev–Trinajstić information content (AvgIpc) is 2.40. The lowest BCUT2D eigenvalue weighted by Gasteiger charge is -2.27. The van der Waals surface area contributed by atoms with Gasteiger partial charge in [-0.25, -0.2) is 4.79 Å². The number of rotatable bonds is 1. The largest absolute Gasteiger partial charge is 0.369 e. The van der Waals surface area contributed by atoms with Gasteiger partial charge in [-0.1, -0.05) is 18.2 Å². The molecule has 0 atom stereocenters. The van der Waals surface area contributed by atoms with Crippen LogP contribution in [0, 0.1) is 0 Å². The topological polar surface area (TPSA) is 70.7 Å². The summed E-state index contributed by atoms with van der Waals surface area (Å²) < 4.78 is 0. The van der Waals surface area contributed by atoms with Crippen LogP contribution in [0.2, 0.25) is 0 Å². The number of piperidine rings is 1. The smallest absolute Gasteiger partial charge is 0.348 e. The van der Waals surface area contributed by atoms with Crippen LogP contribution in [-0.4, -0.2) is 30.0 Å². The zero-order chi connectivity index (χ0) is 12.8. The van der Waals surface area contributed by atoms with Crippen molar-refractivity contribution in [1.29, 1.82) is 0 Å². The summed E-state index contributed by atoms with van der Waals surface area (Å²) in [6, 6.07) is 8.79. The summed E-state index contributed by atoms with van der Waals surface area (Å²) in [6.45, 7) is 1.77. The second-order valence-electron chi connectivity index (χ2n) is 4.31. The van der Waals surface area contributed by atoms with Crippen molar-refractivity contribution in [2.45, 2.75) is 19.3 Å². The first kappa shape index (κ1) is 15.3. The van der Waals surface area contributed by atoms with Gasteiger partial charge in [0.05, 0.1) is 0 Å². The molecule has 0 saturated carbocycles. The molecule has 5 nitrogen and oxygen atoms in total. The Hall–Kier alpha value is -1.75. The van der Waals surface area contributed by atoms with Gasteiger partial charge in [0.1, 0.15) is 0 Å². The molecule has 1 aliphatic rings. The molecule has 6 heteroatoms. The number of halogens is 1. The van der Waals surface area contributed by atoms with Gasteiger partial charge < -0.3 is 16.0 Å². The maximum atomic E-state index is 11.7. The summed E-state index contributed by atoms with van der Waals surface area (Å²) in [5.41, 5.74) is 6.54. The van der Waals surface area contributed by atoms with E-state index in [9.17, 15) is 4.79 Å². The van der Waals surface area contributed by atoms with Crippen LogP contribution in [0.5, 0.6) is 0 Å². The maximum Gasteiger partial charge on any atom is 0.348 e. The highest BCUT2D eigenvalue weighted by atomic mass is 35.5. The lowest BCUT2D eigenvalue weighted by atomic mass is 10.1. The van der Waals surface area contributed by atoms with Crippen LogP contribution in [0.3, 0.4) is 0 Å². The third-order valence-corrected chi connectivity index (χ3v) is 2.92.